The summed E-state index contributed by atoms with van der Waals surface area (Å²) in [5.74, 6) is -0.440. The van der Waals surface area contributed by atoms with Crippen LogP contribution in [0.25, 0.3) is 0 Å². The van der Waals surface area contributed by atoms with Crippen LogP contribution in [-0.2, 0) is 9.59 Å². The number of aromatic nitrogens is 1. The summed E-state index contributed by atoms with van der Waals surface area (Å²) in [5.41, 5.74) is 1.60. The number of amides is 2. The molecule has 1 aromatic heterocycles. The number of carbonyl (C=O) groups is 2. The minimum atomic E-state index is -0.688. The Morgan fingerprint density at radius 1 is 1.15 bits per heavy atom. The van der Waals surface area contributed by atoms with Crippen molar-refractivity contribution in [2.45, 2.75) is 12.8 Å². The average molecular weight is 368 g/mol. The molecule has 1 aliphatic rings. The molecular weight excluding hydrogens is 344 g/mol. The monoisotopic (exact) mass is 368 g/mol. The molecule has 1 aromatic carbocycles. The number of pyridine rings is 1. The minimum Gasteiger partial charge on any atom is -0.495 e. The highest BCUT2D eigenvalue weighted by molar-refractivity contribution is 6.39. The van der Waals surface area contributed by atoms with Gasteiger partial charge in [0.25, 0.3) is 0 Å². The zero-order chi connectivity index (χ0) is 19.1. The van der Waals surface area contributed by atoms with Crippen molar-refractivity contribution in [2.24, 2.45) is 5.92 Å². The van der Waals surface area contributed by atoms with Gasteiger partial charge in [0.05, 0.1) is 24.7 Å². The third kappa shape index (κ3) is 4.97. The maximum atomic E-state index is 12.1. The van der Waals surface area contributed by atoms with Gasteiger partial charge >= 0.3 is 11.8 Å². The van der Waals surface area contributed by atoms with Crippen LogP contribution < -0.4 is 20.3 Å². The number of rotatable bonds is 5. The summed E-state index contributed by atoms with van der Waals surface area (Å²) in [5, 5.41) is 5.33. The van der Waals surface area contributed by atoms with E-state index in [0.717, 1.165) is 31.6 Å². The van der Waals surface area contributed by atoms with Crippen molar-refractivity contribution >= 4 is 23.2 Å². The Kier molecular flexibility index (Phi) is 6.25. The third-order valence-electron chi connectivity index (χ3n) is 4.74. The Hall–Kier alpha value is -3.09. The molecule has 27 heavy (non-hydrogen) atoms. The molecule has 1 saturated heterocycles. The number of piperidine rings is 1. The van der Waals surface area contributed by atoms with Gasteiger partial charge in [-0.05, 0) is 43.0 Å². The van der Waals surface area contributed by atoms with E-state index in [1.165, 1.54) is 7.11 Å². The maximum Gasteiger partial charge on any atom is 0.313 e. The fourth-order valence-electron chi connectivity index (χ4n) is 3.18. The van der Waals surface area contributed by atoms with E-state index in [0.29, 0.717) is 23.9 Å². The summed E-state index contributed by atoms with van der Waals surface area (Å²) in [6.45, 7) is 2.33. The van der Waals surface area contributed by atoms with Crippen molar-refractivity contribution in [3.8, 4) is 5.75 Å². The van der Waals surface area contributed by atoms with Crippen LogP contribution in [0.5, 0.6) is 5.75 Å². The first kappa shape index (κ1) is 18.7. The van der Waals surface area contributed by atoms with E-state index >= 15 is 0 Å². The van der Waals surface area contributed by atoms with Crippen LogP contribution >= 0.6 is 0 Å². The van der Waals surface area contributed by atoms with E-state index in [1.807, 2.05) is 12.3 Å². The first-order valence-corrected chi connectivity index (χ1v) is 9.04. The zero-order valence-corrected chi connectivity index (χ0v) is 15.4. The van der Waals surface area contributed by atoms with Crippen LogP contribution in [0.2, 0.25) is 0 Å². The quantitative estimate of drug-likeness (QED) is 0.790. The lowest BCUT2D eigenvalue weighted by atomic mass is 9.96. The van der Waals surface area contributed by atoms with E-state index in [4.69, 9.17) is 4.74 Å². The van der Waals surface area contributed by atoms with Crippen LogP contribution in [0, 0.1) is 5.92 Å². The van der Waals surface area contributed by atoms with E-state index in [2.05, 4.69) is 26.6 Å². The number of anilines is 2. The van der Waals surface area contributed by atoms with E-state index in [9.17, 15) is 9.59 Å². The Bertz CT molecular complexity index is 774. The number of para-hydroxylation sites is 2. The van der Waals surface area contributed by atoms with Gasteiger partial charge in [0.1, 0.15) is 5.75 Å². The molecule has 0 spiro atoms. The number of nitrogens with zero attached hydrogens (tertiary/aromatic N) is 2. The molecule has 1 fully saturated rings. The summed E-state index contributed by atoms with van der Waals surface area (Å²) in [7, 11) is 1.52. The van der Waals surface area contributed by atoms with Crippen LogP contribution in [0.3, 0.4) is 0 Å². The van der Waals surface area contributed by atoms with Crippen molar-refractivity contribution < 1.29 is 14.3 Å². The highest BCUT2D eigenvalue weighted by atomic mass is 16.5. The Labute approximate surface area is 158 Å². The first-order chi connectivity index (χ1) is 13.2. The molecule has 2 amide bonds. The molecule has 2 aromatic rings. The smallest absolute Gasteiger partial charge is 0.313 e. The largest absolute Gasteiger partial charge is 0.495 e. The van der Waals surface area contributed by atoms with Crippen LogP contribution in [0.15, 0.2) is 48.8 Å². The standard InChI is InChI=1S/C20H24N4O3/c1-27-18-7-3-2-6-17(18)23-20(26)19(25)22-13-15-8-11-24(12-9-15)16-5-4-10-21-14-16/h2-7,10,14-15H,8-9,11-13H2,1H3,(H,22,25)(H,23,26). The number of benzene rings is 1. The van der Waals surface area contributed by atoms with Gasteiger partial charge in [0.2, 0.25) is 0 Å². The number of carbonyl (C=O) groups excluding carboxylic acids is 2. The Morgan fingerprint density at radius 3 is 2.63 bits per heavy atom. The van der Waals surface area contributed by atoms with E-state index in [1.54, 1.807) is 30.5 Å². The lowest BCUT2D eigenvalue weighted by Crippen LogP contribution is -2.41. The number of methoxy groups -OCH3 is 1. The Balaban J connectivity index is 1.43. The molecule has 2 heterocycles. The lowest BCUT2D eigenvalue weighted by Gasteiger charge is -2.33. The summed E-state index contributed by atoms with van der Waals surface area (Å²) in [4.78, 5) is 30.6. The molecule has 0 saturated carbocycles. The second-order valence-electron chi connectivity index (χ2n) is 6.51. The summed E-state index contributed by atoms with van der Waals surface area (Å²) in [6, 6.07) is 11.0. The molecule has 142 valence electrons. The van der Waals surface area contributed by atoms with E-state index < -0.39 is 11.8 Å². The molecule has 3 rings (SSSR count). The average Bonchev–Trinajstić information content (AvgIpc) is 2.73. The molecule has 2 N–H and O–H groups in total. The molecule has 1 aliphatic heterocycles. The predicted octanol–water partition coefficient (Wildman–Crippen LogP) is 2.06. The van der Waals surface area contributed by atoms with Gasteiger partial charge in [-0.1, -0.05) is 12.1 Å². The number of ether oxygens (including phenoxy) is 1. The molecule has 0 atom stereocenters. The molecule has 0 unspecified atom stereocenters. The number of nitrogens with one attached hydrogen (secondary N) is 2. The van der Waals surface area contributed by atoms with Crippen molar-refractivity contribution in [1.82, 2.24) is 10.3 Å². The lowest BCUT2D eigenvalue weighted by molar-refractivity contribution is -0.136. The Morgan fingerprint density at radius 2 is 1.93 bits per heavy atom. The van der Waals surface area contributed by atoms with Crippen LogP contribution in [0.1, 0.15) is 12.8 Å². The van der Waals surface area contributed by atoms with Gasteiger partial charge in [0.15, 0.2) is 0 Å². The summed E-state index contributed by atoms with van der Waals surface area (Å²) in [6.07, 6.45) is 5.55. The fraction of sp³-hybridized carbons (Fsp3) is 0.350. The van der Waals surface area contributed by atoms with Crippen molar-refractivity contribution in [3.05, 3.63) is 48.8 Å². The first-order valence-electron chi connectivity index (χ1n) is 9.04. The second kappa shape index (κ2) is 9.02. The van der Waals surface area contributed by atoms with Crippen molar-refractivity contribution in [1.29, 1.82) is 0 Å². The van der Waals surface area contributed by atoms with Crippen LogP contribution in [0.4, 0.5) is 11.4 Å². The minimum absolute atomic E-state index is 0.362. The van der Waals surface area contributed by atoms with Gasteiger partial charge in [0, 0.05) is 25.8 Å². The maximum absolute atomic E-state index is 12.1. The molecule has 7 heteroatoms. The number of hydrogen-bond acceptors (Lipinski definition) is 5. The van der Waals surface area contributed by atoms with Gasteiger partial charge in [-0.15, -0.1) is 0 Å². The van der Waals surface area contributed by atoms with Gasteiger partial charge in [-0.3, -0.25) is 14.6 Å². The highest BCUT2D eigenvalue weighted by Crippen LogP contribution is 2.23. The van der Waals surface area contributed by atoms with Crippen molar-refractivity contribution in [3.63, 3.8) is 0 Å². The van der Waals surface area contributed by atoms with Crippen molar-refractivity contribution in [2.75, 3.05) is 37.0 Å². The predicted molar refractivity (Wildman–Crippen MR) is 104 cm³/mol. The molecular formula is C20H24N4O3. The summed E-state index contributed by atoms with van der Waals surface area (Å²) >= 11 is 0. The van der Waals surface area contributed by atoms with Crippen LogP contribution in [-0.4, -0.2) is 43.5 Å². The molecule has 0 aliphatic carbocycles. The van der Waals surface area contributed by atoms with Gasteiger partial charge < -0.3 is 20.3 Å². The summed E-state index contributed by atoms with van der Waals surface area (Å²) < 4.78 is 5.17. The SMILES string of the molecule is COc1ccccc1NC(=O)C(=O)NCC1CCN(c2cccnc2)CC1. The molecule has 0 bridgehead atoms. The number of hydrogen-bond donors (Lipinski definition) is 2. The van der Waals surface area contributed by atoms with E-state index in [-0.39, 0.29) is 0 Å². The second-order valence-corrected chi connectivity index (χ2v) is 6.51. The highest BCUT2D eigenvalue weighted by Gasteiger charge is 2.22. The molecule has 0 radical (unpaired) electrons. The molecule has 7 nitrogen and oxygen atoms in total. The normalized spacial score (nSPS) is 14.5. The van der Waals surface area contributed by atoms with Gasteiger partial charge in [-0.2, -0.15) is 0 Å². The third-order valence-corrected chi connectivity index (χ3v) is 4.74. The fourth-order valence-corrected chi connectivity index (χ4v) is 3.18. The topological polar surface area (TPSA) is 83.6 Å². The van der Waals surface area contributed by atoms with Gasteiger partial charge in [-0.25, -0.2) is 0 Å². The zero-order valence-electron chi connectivity index (χ0n) is 15.4.